The molecule has 4 rings (SSSR count). The van der Waals surface area contributed by atoms with Crippen LogP contribution in [0.4, 0.5) is 23.0 Å². The Hall–Kier alpha value is -3.87. The van der Waals surface area contributed by atoms with Crippen LogP contribution in [0.1, 0.15) is 10.4 Å². The maximum atomic E-state index is 12.9. The summed E-state index contributed by atoms with van der Waals surface area (Å²) in [5, 5.41) is 22.2. The van der Waals surface area contributed by atoms with Crippen LogP contribution in [0.5, 0.6) is 0 Å². The number of aromatic nitrogens is 2. The number of nitro groups is 2. The van der Waals surface area contributed by atoms with Gasteiger partial charge >= 0.3 is 0 Å². The Labute approximate surface area is 189 Å². The van der Waals surface area contributed by atoms with Crippen LogP contribution < -0.4 is 9.80 Å². The molecule has 33 heavy (non-hydrogen) atoms. The standard InChI is InChI=1S/C20H24N8O5/c1-23-2-4-24(5-3-23)18-13-19(22-14-21-18)25-6-8-26(9-7-25)20(29)15-10-16(27(30)31)12-17(11-15)28(32)33/h10-14H,2-9H2,1H3. The highest BCUT2D eigenvalue weighted by Crippen LogP contribution is 2.25. The van der Waals surface area contributed by atoms with Crippen molar-refractivity contribution in [1.29, 1.82) is 0 Å². The molecule has 13 heteroatoms. The van der Waals surface area contributed by atoms with Gasteiger partial charge in [-0.25, -0.2) is 9.97 Å². The van der Waals surface area contributed by atoms with E-state index in [1.807, 2.05) is 6.07 Å². The zero-order valence-electron chi connectivity index (χ0n) is 18.2. The molecule has 13 nitrogen and oxygen atoms in total. The van der Waals surface area contributed by atoms with Gasteiger partial charge in [-0.1, -0.05) is 0 Å². The van der Waals surface area contributed by atoms with E-state index in [0.717, 1.165) is 56.0 Å². The van der Waals surface area contributed by atoms with E-state index < -0.39 is 27.1 Å². The molecule has 0 radical (unpaired) electrons. The van der Waals surface area contributed by atoms with Crippen molar-refractivity contribution in [3.8, 4) is 0 Å². The zero-order chi connectivity index (χ0) is 23.5. The number of carbonyl (C=O) groups excluding carboxylic acids is 1. The lowest BCUT2D eigenvalue weighted by Gasteiger charge is -2.36. The molecule has 0 atom stereocenters. The summed E-state index contributed by atoms with van der Waals surface area (Å²) in [4.78, 5) is 50.5. The summed E-state index contributed by atoms with van der Waals surface area (Å²) < 4.78 is 0. The molecule has 0 spiro atoms. The number of amides is 1. The van der Waals surface area contributed by atoms with Crippen molar-refractivity contribution in [3.63, 3.8) is 0 Å². The topological polar surface area (TPSA) is 142 Å². The molecular weight excluding hydrogens is 432 g/mol. The van der Waals surface area contributed by atoms with E-state index in [1.165, 1.54) is 0 Å². The number of hydrogen-bond acceptors (Lipinski definition) is 10. The second kappa shape index (κ2) is 9.32. The number of carbonyl (C=O) groups is 1. The predicted octanol–water partition coefficient (Wildman–Crippen LogP) is 1.01. The summed E-state index contributed by atoms with van der Waals surface area (Å²) in [5.41, 5.74) is -1.03. The van der Waals surface area contributed by atoms with Crippen LogP contribution in [0.2, 0.25) is 0 Å². The highest BCUT2D eigenvalue weighted by molar-refractivity contribution is 5.95. The van der Waals surface area contributed by atoms with Crippen LogP contribution in [0.25, 0.3) is 0 Å². The van der Waals surface area contributed by atoms with Gasteiger partial charge in [0.1, 0.15) is 18.0 Å². The highest BCUT2D eigenvalue weighted by Gasteiger charge is 2.27. The summed E-state index contributed by atoms with van der Waals surface area (Å²) >= 11 is 0. The minimum atomic E-state index is -0.741. The van der Waals surface area contributed by atoms with Gasteiger partial charge in [0.15, 0.2) is 0 Å². The van der Waals surface area contributed by atoms with Crippen LogP contribution in [0.15, 0.2) is 30.6 Å². The predicted molar refractivity (Wildman–Crippen MR) is 120 cm³/mol. The van der Waals surface area contributed by atoms with Crippen molar-refractivity contribution in [2.45, 2.75) is 0 Å². The van der Waals surface area contributed by atoms with Crippen molar-refractivity contribution >= 4 is 28.9 Å². The number of anilines is 2. The molecule has 174 valence electrons. The first-order valence-corrected chi connectivity index (χ1v) is 10.6. The van der Waals surface area contributed by atoms with Crippen LogP contribution in [0.3, 0.4) is 0 Å². The number of hydrogen-bond donors (Lipinski definition) is 0. The van der Waals surface area contributed by atoms with Crippen molar-refractivity contribution in [3.05, 3.63) is 56.4 Å². The van der Waals surface area contributed by atoms with Crippen LogP contribution in [-0.4, -0.2) is 94.9 Å². The Balaban J connectivity index is 1.43. The number of nitro benzene ring substituents is 2. The van der Waals surface area contributed by atoms with Crippen molar-refractivity contribution in [2.75, 3.05) is 69.2 Å². The molecule has 3 heterocycles. The molecule has 2 fully saturated rings. The fourth-order valence-corrected chi connectivity index (χ4v) is 3.97. The Kier molecular flexibility index (Phi) is 6.31. The SMILES string of the molecule is CN1CCN(c2cc(N3CCN(C(=O)c4cc([N+](=O)[O-])cc([N+](=O)[O-])c4)CC3)ncn2)CC1. The fourth-order valence-electron chi connectivity index (χ4n) is 3.97. The molecular formula is C20H24N8O5. The van der Waals surface area contributed by atoms with Gasteiger partial charge in [0.25, 0.3) is 17.3 Å². The Morgan fingerprint density at radius 2 is 1.27 bits per heavy atom. The largest absolute Gasteiger partial charge is 0.354 e. The fraction of sp³-hybridized carbons (Fsp3) is 0.450. The smallest absolute Gasteiger partial charge is 0.277 e. The molecule has 0 unspecified atom stereocenters. The third kappa shape index (κ3) is 4.98. The molecule has 0 N–H and O–H groups in total. The first-order chi connectivity index (χ1) is 15.8. The van der Waals surface area contributed by atoms with Gasteiger partial charge in [0.05, 0.1) is 21.5 Å². The molecule has 2 aliphatic rings. The summed E-state index contributed by atoms with van der Waals surface area (Å²) in [6, 6.07) is 4.96. The van der Waals surface area contributed by atoms with Crippen molar-refractivity contribution in [2.24, 2.45) is 0 Å². The molecule has 2 saturated heterocycles. The number of non-ortho nitro benzene ring substituents is 2. The minimum Gasteiger partial charge on any atom is -0.354 e. The summed E-state index contributed by atoms with van der Waals surface area (Å²) in [5.74, 6) is 1.18. The maximum Gasteiger partial charge on any atom is 0.277 e. The molecule has 0 bridgehead atoms. The lowest BCUT2D eigenvalue weighted by atomic mass is 10.1. The number of rotatable bonds is 5. The summed E-state index contributed by atoms with van der Waals surface area (Å²) in [6.45, 7) is 5.48. The molecule has 1 aromatic heterocycles. The second-order valence-electron chi connectivity index (χ2n) is 8.06. The van der Waals surface area contributed by atoms with E-state index >= 15 is 0 Å². The van der Waals surface area contributed by atoms with Gasteiger partial charge in [-0.3, -0.25) is 25.0 Å². The van der Waals surface area contributed by atoms with E-state index in [1.54, 1.807) is 11.2 Å². The van der Waals surface area contributed by atoms with E-state index in [0.29, 0.717) is 26.2 Å². The number of benzene rings is 1. The van der Waals surface area contributed by atoms with Crippen LogP contribution in [-0.2, 0) is 0 Å². The number of piperazine rings is 2. The molecule has 2 aromatic rings. The van der Waals surface area contributed by atoms with Gasteiger partial charge < -0.3 is 19.6 Å². The molecule has 1 aromatic carbocycles. The Morgan fingerprint density at radius 1 is 0.788 bits per heavy atom. The normalized spacial score (nSPS) is 17.2. The quantitative estimate of drug-likeness (QED) is 0.472. The maximum absolute atomic E-state index is 12.9. The third-order valence-corrected chi connectivity index (χ3v) is 5.93. The first-order valence-electron chi connectivity index (χ1n) is 10.6. The van der Waals surface area contributed by atoms with Crippen molar-refractivity contribution < 1.29 is 14.6 Å². The molecule has 2 aliphatic heterocycles. The van der Waals surface area contributed by atoms with E-state index in [2.05, 4.69) is 31.7 Å². The van der Waals surface area contributed by atoms with Crippen molar-refractivity contribution in [1.82, 2.24) is 19.8 Å². The van der Waals surface area contributed by atoms with E-state index in [4.69, 9.17) is 0 Å². The average molecular weight is 456 g/mol. The van der Waals surface area contributed by atoms with Gasteiger partial charge in [-0.2, -0.15) is 0 Å². The Bertz CT molecular complexity index is 1030. The summed E-state index contributed by atoms with van der Waals surface area (Å²) in [6.07, 6.45) is 1.54. The monoisotopic (exact) mass is 456 g/mol. The van der Waals surface area contributed by atoms with Gasteiger partial charge in [0.2, 0.25) is 0 Å². The first kappa shape index (κ1) is 22.3. The van der Waals surface area contributed by atoms with Gasteiger partial charge in [-0.05, 0) is 7.05 Å². The van der Waals surface area contributed by atoms with Gasteiger partial charge in [0, 0.05) is 70.6 Å². The number of nitrogens with zero attached hydrogens (tertiary/aromatic N) is 8. The lowest BCUT2D eigenvalue weighted by molar-refractivity contribution is -0.394. The third-order valence-electron chi connectivity index (χ3n) is 5.93. The van der Waals surface area contributed by atoms with E-state index in [-0.39, 0.29) is 5.56 Å². The van der Waals surface area contributed by atoms with Crippen LogP contribution in [0, 0.1) is 20.2 Å². The van der Waals surface area contributed by atoms with Crippen LogP contribution >= 0.6 is 0 Å². The van der Waals surface area contributed by atoms with Gasteiger partial charge in [-0.15, -0.1) is 0 Å². The molecule has 0 aliphatic carbocycles. The average Bonchev–Trinajstić information content (AvgIpc) is 2.84. The minimum absolute atomic E-state index is 0.0660. The molecule has 0 saturated carbocycles. The van der Waals surface area contributed by atoms with E-state index in [9.17, 15) is 25.0 Å². The Morgan fingerprint density at radius 3 is 1.76 bits per heavy atom. The lowest BCUT2D eigenvalue weighted by Crippen LogP contribution is -2.49. The number of likely N-dealkylation sites (N-methyl/N-ethyl adjacent to an activating group) is 1. The zero-order valence-corrected chi connectivity index (χ0v) is 18.2. The highest BCUT2D eigenvalue weighted by atomic mass is 16.6. The molecule has 1 amide bonds. The summed E-state index contributed by atoms with van der Waals surface area (Å²) in [7, 11) is 2.09. The second-order valence-corrected chi connectivity index (χ2v) is 8.06.